The number of halogens is 1. The fourth-order valence-corrected chi connectivity index (χ4v) is 7.19. The summed E-state index contributed by atoms with van der Waals surface area (Å²) in [7, 11) is -3.72. The maximum absolute atomic E-state index is 13.2. The maximum atomic E-state index is 13.2. The highest BCUT2D eigenvalue weighted by Gasteiger charge is 2.31. The van der Waals surface area contributed by atoms with E-state index in [1.165, 1.54) is 0 Å². The number of thiazole rings is 1. The molecule has 9 heteroatoms. The third-order valence-corrected chi connectivity index (χ3v) is 8.89. The van der Waals surface area contributed by atoms with Gasteiger partial charge in [-0.1, -0.05) is 65.4 Å². The molecular weight excluding hydrogens is 452 g/mol. The van der Waals surface area contributed by atoms with Gasteiger partial charge in [0.25, 0.3) is 10.0 Å². The highest BCUT2D eigenvalue weighted by molar-refractivity contribution is 7.91. The van der Waals surface area contributed by atoms with Crippen molar-refractivity contribution in [2.75, 3.05) is 0 Å². The van der Waals surface area contributed by atoms with Crippen molar-refractivity contribution in [1.29, 1.82) is 0 Å². The average molecular weight is 473 g/mol. The van der Waals surface area contributed by atoms with Gasteiger partial charge in [0.15, 0.2) is 8.68 Å². The van der Waals surface area contributed by atoms with Crippen LogP contribution in [-0.2, 0) is 10.0 Å². The summed E-state index contributed by atoms with van der Waals surface area (Å²) in [5, 5.41) is 0. The van der Waals surface area contributed by atoms with Gasteiger partial charge in [-0.05, 0) is 37.8 Å². The molecule has 0 saturated heterocycles. The Hall–Kier alpha value is -2.26. The molecule has 0 bridgehead atoms. The second kappa shape index (κ2) is 8.35. The van der Waals surface area contributed by atoms with Crippen molar-refractivity contribution in [3.05, 3.63) is 64.9 Å². The topological polar surface area (TPSA) is 87.7 Å². The average Bonchev–Trinajstić information content (AvgIpc) is 3.39. The molecule has 1 aliphatic rings. The van der Waals surface area contributed by atoms with Crippen molar-refractivity contribution in [3.63, 3.8) is 0 Å². The van der Waals surface area contributed by atoms with E-state index in [-0.39, 0.29) is 14.7 Å². The molecule has 0 radical (unpaired) electrons. The van der Waals surface area contributed by atoms with Crippen molar-refractivity contribution in [3.8, 4) is 11.3 Å². The zero-order chi connectivity index (χ0) is 21.4. The summed E-state index contributed by atoms with van der Waals surface area (Å²) in [5.74, 6) is 1.30. The second-order valence-electron chi connectivity index (χ2n) is 7.78. The van der Waals surface area contributed by atoms with Gasteiger partial charge >= 0.3 is 0 Å². The second-order valence-corrected chi connectivity index (χ2v) is 11.3. The Morgan fingerprint density at radius 1 is 0.968 bits per heavy atom. The molecule has 2 heterocycles. The number of hydrogen-bond acceptors (Lipinski definition) is 5. The van der Waals surface area contributed by atoms with Crippen LogP contribution in [0, 0.1) is 0 Å². The number of para-hydroxylation sites is 2. The number of H-pyrrole nitrogens is 1. The van der Waals surface area contributed by atoms with E-state index in [2.05, 4.69) is 14.7 Å². The molecule has 0 unspecified atom stereocenters. The Kier molecular flexibility index (Phi) is 5.56. The minimum absolute atomic E-state index is 0.116. The number of fused-ring (bicyclic) bond motifs is 1. The summed E-state index contributed by atoms with van der Waals surface area (Å²) in [4.78, 5) is 12.4. The molecule has 1 saturated carbocycles. The normalized spacial score (nSPS) is 19.6. The number of nitrogens with one attached hydrogen (secondary N) is 2. The molecule has 0 spiro atoms. The van der Waals surface area contributed by atoms with Gasteiger partial charge in [-0.2, -0.15) is 0 Å². The third-order valence-electron chi connectivity index (χ3n) is 5.70. The highest BCUT2D eigenvalue weighted by atomic mass is 35.5. The quantitative estimate of drug-likeness (QED) is 0.410. The SMILES string of the molecule is O=S(=O)(NC1CCC(c2nc3ccccc3[nH]2)CC1)c1sc(Cl)nc1-c1ccccc1. The van der Waals surface area contributed by atoms with Crippen LogP contribution >= 0.6 is 22.9 Å². The lowest BCUT2D eigenvalue weighted by molar-refractivity contribution is 0.367. The largest absolute Gasteiger partial charge is 0.342 e. The first-order valence-corrected chi connectivity index (χ1v) is 12.9. The van der Waals surface area contributed by atoms with Gasteiger partial charge in [0.05, 0.1) is 11.0 Å². The number of sulfonamides is 1. The number of imidazole rings is 1. The van der Waals surface area contributed by atoms with Crippen LogP contribution in [0.3, 0.4) is 0 Å². The molecule has 1 fully saturated rings. The fourth-order valence-electron chi connectivity index (χ4n) is 4.17. The molecule has 4 aromatic rings. The van der Waals surface area contributed by atoms with Crippen molar-refractivity contribution >= 4 is 44.0 Å². The molecule has 2 aromatic heterocycles. The third kappa shape index (κ3) is 4.25. The van der Waals surface area contributed by atoms with E-state index in [0.29, 0.717) is 11.6 Å². The van der Waals surface area contributed by atoms with E-state index in [1.807, 2.05) is 54.6 Å². The minimum atomic E-state index is -3.72. The van der Waals surface area contributed by atoms with Crippen molar-refractivity contribution in [2.45, 2.75) is 41.9 Å². The van der Waals surface area contributed by atoms with E-state index in [4.69, 9.17) is 16.6 Å². The predicted molar refractivity (Wildman–Crippen MR) is 124 cm³/mol. The number of aromatic nitrogens is 3. The highest BCUT2D eigenvalue weighted by Crippen LogP contribution is 2.36. The Labute approximate surface area is 189 Å². The van der Waals surface area contributed by atoms with E-state index in [9.17, 15) is 8.42 Å². The van der Waals surface area contributed by atoms with Gasteiger partial charge in [0, 0.05) is 17.5 Å². The van der Waals surface area contributed by atoms with Gasteiger partial charge in [-0.25, -0.2) is 23.1 Å². The summed E-state index contributed by atoms with van der Waals surface area (Å²) in [5.41, 5.74) is 3.14. The minimum Gasteiger partial charge on any atom is -0.342 e. The van der Waals surface area contributed by atoms with Crippen LogP contribution in [0.1, 0.15) is 37.4 Å². The molecule has 0 aliphatic heterocycles. The first-order valence-electron chi connectivity index (χ1n) is 10.2. The Morgan fingerprint density at radius 2 is 1.68 bits per heavy atom. The summed E-state index contributed by atoms with van der Waals surface area (Å²) < 4.78 is 29.6. The van der Waals surface area contributed by atoms with E-state index in [0.717, 1.165) is 59.4 Å². The van der Waals surface area contributed by atoms with Gasteiger partial charge in [-0.15, -0.1) is 0 Å². The smallest absolute Gasteiger partial charge is 0.252 e. The number of benzene rings is 2. The molecule has 0 atom stereocenters. The van der Waals surface area contributed by atoms with Gasteiger partial charge in [0.1, 0.15) is 11.5 Å². The van der Waals surface area contributed by atoms with Crippen molar-refractivity contribution in [1.82, 2.24) is 19.7 Å². The molecule has 160 valence electrons. The Balaban J connectivity index is 1.30. The van der Waals surface area contributed by atoms with Gasteiger partial charge in [-0.3, -0.25) is 0 Å². The lowest BCUT2D eigenvalue weighted by atomic mass is 9.86. The number of hydrogen-bond donors (Lipinski definition) is 2. The van der Waals surface area contributed by atoms with Crippen LogP contribution < -0.4 is 4.72 Å². The van der Waals surface area contributed by atoms with Crippen molar-refractivity contribution < 1.29 is 8.42 Å². The maximum Gasteiger partial charge on any atom is 0.252 e. The standard InChI is InChI=1S/C22H21ClN4O2S2/c23-22-26-19(14-6-2-1-3-7-14)21(30-22)31(28,29)27-16-12-10-15(11-13-16)20-24-17-8-4-5-9-18(17)25-20/h1-9,15-16,27H,10-13H2,(H,24,25). The summed E-state index contributed by atoms with van der Waals surface area (Å²) >= 11 is 7.08. The first kappa shape index (κ1) is 20.6. The van der Waals surface area contributed by atoms with E-state index >= 15 is 0 Å². The zero-order valence-corrected chi connectivity index (χ0v) is 19.0. The van der Waals surface area contributed by atoms with Crippen LogP contribution in [0.25, 0.3) is 22.3 Å². The lowest BCUT2D eigenvalue weighted by Gasteiger charge is -2.27. The Bertz CT molecular complexity index is 1280. The molecule has 0 amide bonds. The molecule has 2 N–H and O–H groups in total. The summed E-state index contributed by atoms with van der Waals surface area (Å²) in [6, 6.07) is 17.1. The first-order chi connectivity index (χ1) is 15.0. The van der Waals surface area contributed by atoms with E-state index < -0.39 is 10.0 Å². The van der Waals surface area contributed by atoms with Crippen LogP contribution in [0.5, 0.6) is 0 Å². The van der Waals surface area contributed by atoms with Crippen LogP contribution in [0.15, 0.2) is 58.8 Å². The molecule has 1 aliphatic carbocycles. The van der Waals surface area contributed by atoms with E-state index in [1.54, 1.807) is 0 Å². The summed E-state index contributed by atoms with van der Waals surface area (Å²) in [6.07, 6.45) is 3.27. The van der Waals surface area contributed by atoms with Gasteiger partial charge < -0.3 is 4.98 Å². The van der Waals surface area contributed by atoms with Crippen LogP contribution in [-0.4, -0.2) is 29.4 Å². The van der Waals surface area contributed by atoms with Crippen LogP contribution in [0.2, 0.25) is 4.47 Å². The van der Waals surface area contributed by atoms with Crippen molar-refractivity contribution in [2.24, 2.45) is 0 Å². The molecule has 5 rings (SSSR count). The lowest BCUT2D eigenvalue weighted by Crippen LogP contribution is -2.37. The molecule has 31 heavy (non-hydrogen) atoms. The molecule has 6 nitrogen and oxygen atoms in total. The monoisotopic (exact) mass is 472 g/mol. The molecular formula is C22H21ClN4O2S2. The number of aromatic amines is 1. The van der Waals surface area contributed by atoms with Crippen LogP contribution in [0.4, 0.5) is 0 Å². The number of nitrogens with zero attached hydrogens (tertiary/aromatic N) is 2. The molecule has 2 aromatic carbocycles. The zero-order valence-electron chi connectivity index (χ0n) is 16.6. The van der Waals surface area contributed by atoms with Gasteiger partial charge in [0.2, 0.25) is 0 Å². The predicted octanol–water partition coefficient (Wildman–Crippen LogP) is 5.34. The fraction of sp³-hybridized carbons (Fsp3) is 0.273. The number of rotatable bonds is 5. The summed E-state index contributed by atoms with van der Waals surface area (Å²) in [6.45, 7) is 0. The Morgan fingerprint density at radius 3 is 2.42 bits per heavy atom.